The molecule has 0 atom stereocenters. The van der Waals surface area contributed by atoms with Crippen LogP contribution in [0, 0.1) is 0 Å². The quantitative estimate of drug-likeness (QED) is 0.287. The van der Waals surface area contributed by atoms with Crippen LogP contribution in [0.3, 0.4) is 0 Å². The maximum atomic E-state index is 9.71. The normalized spacial score (nSPS) is 12.2. The van der Waals surface area contributed by atoms with Crippen molar-refractivity contribution in [3.63, 3.8) is 0 Å². The fourth-order valence-electron chi connectivity index (χ4n) is 3.95. The summed E-state index contributed by atoms with van der Waals surface area (Å²) in [5, 5.41) is 34.0. The van der Waals surface area contributed by atoms with Gasteiger partial charge in [0.05, 0.1) is 0 Å². The summed E-state index contributed by atoms with van der Waals surface area (Å²) in [6.07, 6.45) is 0. The molecular weight excluding hydrogens is 349 g/mol. The Labute approximate surface area is 164 Å². The molecule has 4 aromatic rings. The lowest BCUT2D eigenvalue weighted by molar-refractivity contribution is 0.249. The summed E-state index contributed by atoms with van der Waals surface area (Å²) < 4.78 is 0. The maximum absolute atomic E-state index is 9.71. The van der Waals surface area contributed by atoms with Crippen molar-refractivity contribution < 1.29 is 15.1 Å². The van der Waals surface area contributed by atoms with Gasteiger partial charge in [-0.15, -0.1) is 5.46 Å². The summed E-state index contributed by atoms with van der Waals surface area (Å²) in [5.41, 5.74) is 2.10. The summed E-state index contributed by atoms with van der Waals surface area (Å²) in [6.45, 7) is -2.34. The van der Waals surface area contributed by atoms with Crippen molar-refractivity contribution in [1.82, 2.24) is 4.90 Å². The number of fused-ring (bicyclic) bond motifs is 2. The van der Waals surface area contributed by atoms with E-state index in [1.165, 1.54) is 27.1 Å². The van der Waals surface area contributed by atoms with Crippen LogP contribution in [0.5, 0.6) is 0 Å². The van der Waals surface area contributed by atoms with Crippen molar-refractivity contribution >= 4 is 33.8 Å². The zero-order valence-corrected chi connectivity index (χ0v) is 15.8. The van der Waals surface area contributed by atoms with E-state index >= 15 is 0 Å². The van der Waals surface area contributed by atoms with E-state index in [0.717, 1.165) is 0 Å². The van der Waals surface area contributed by atoms with Crippen molar-refractivity contribution in [3.05, 3.63) is 90.0 Å². The van der Waals surface area contributed by atoms with E-state index in [1.807, 2.05) is 31.3 Å². The Balaban J connectivity index is 1.72. The van der Waals surface area contributed by atoms with E-state index in [1.54, 1.807) is 12.1 Å². The average molecular weight is 372 g/mol. The van der Waals surface area contributed by atoms with Crippen LogP contribution in [-0.2, 0) is 13.1 Å². The van der Waals surface area contributed by atoms with Crippen molar-refractivity contribution in [1.29, 1.82) is 0 Å². The first kappa shape index (κ1) is 18.7. The molecule has 0 aliphatic heterocycles. The number of hydrogen-bond donors (Lipinski definition) is 3. The molecule has 0 bridgehead atoms. The molecule has 4 aromatic carbocycles. The predicted molar refractivity (Wildman–Crippen MR) is 115 cm³/mol. The van der Waals surface area contributed by atoms with Crippen LogP contribution in [0.4, 0.5) is 0 Å². The Morgan fingerprint density at radius 1 is 0.714 bits per heavy atom. The van der Waals surface area contributed by atoms with Crippen LogP contribution >= 0.6 is 0 Å². The van der Waals surface area contributed by atoms with Crippen LogP contribution in [-0.4, -0.2) is 28.9 Å². The molecule has 0 unspecified atom stereocenters. The van der Waals surface area contributed by atoms with E-state index in [4.69, 9.17) is 0 Å². The second-order valence-electron chi connectivity index (χ2n) is 7.40. The standard InChI is InChI=1S/C23H23BNO3/c1-25(15-19-10-4-7-13-23(19)24(26,27)28)16-22-20-11-5-2-8-17(20)14-18-9-3-6-12-21(18)22/h2-14,26-28H,15-16H2,1H3. The molecule has 0 saturated carbocycles. The lowest BCUT2D eigenvalue weighted by Gasteiger charge is -2.24. The highest BCUT2D eigenvalue weighted by atomic mass is 16.5. The number of rotatable bonds is 5. The lowest BCUT2D eigenvalue weighted by Crippen LogP contribution is -2.51. The van der Waals surface area contributed by atoms with Crippen molar-refractivity contribution in [3.8, 4) is 0 Å². The SMILES string of the molecule is C[N+](Cc1ccccc1[B-](O)(O)O)Cc1c2ccccc2cc2ccccc12. The first-order valence-corrected chi connectivity index (χ1v) is 9.41. The molecule has 0 fully saturated rings. The zero-order chi connectivity index (χ0) is 19.7. The topological polar surface area (TPSA) is 66.6 Å². The molecule has 141 valence electrons. The summed E-state index contributed by atoms with van der Waals surface area (Å²) in [5.74, 6) is 0. The highest BCUT2D eigenvalue weighted by molar-refractivity contribution is 6.72. The van der Waals surface area contributed by atoms with E-state index in [2.05, 4.69) is 47.4 Å². The number of benzene rings is 4. The number of nitrogens with zero attached hydrogens (tertiary/aromatic N) is 1. The Kier molecular flexibility index (Phi) is 4.91. The first-order valence-electron chi connectivity index (χ1n) is 9.41. The molecule has 3 N–H and O–H groups in total. The fraction of sp³-hybridized carbons (Fsp3) is 0.130. The Morgan fingerprint density at radius 3 is 1.86 bits per heavy atom. The van der Waals surface area contributed by atoms with Crippen LogP contribution < -0.4 is 10.4 Å². The van der Waals surface area contributed by atoms with E-state index in [0.29, 0.717) is 18.7 Å². The molecule has 5 heteroatoms. The molecule has 4 rings (SSSR count). The molecule has 0 amide bonds. The molecule has 0 spiro atoms. The highest BCUT2D eigenvalue weighted by Gasteiger charge is 2.24. The molecule has 0 aliphatic carbocycles. The van der Waals surface area contributed by atoms with E-state index in [-0.39, 0.29) is 5.46 Å². The van der Waals surface area contributed by atoms with Gasteiger partial charge in [0.2, 0.25) is 0 Å². The van der Waals surface area contributed by atoms with Crippen LogP contribution in [0.25, 0.3) is 21.5 Å². The summed E-state index contributed by atoms with van der Waals surface area (Å²) >= 11 is 0. The van der Waals surface area contributed by atoms with Crippen LogP contribution in [0.2, 0.25) is 0 Å². The molecule has 0 aromatic heterocycles. The highest BCUT2D eigenvalue weighted by Crippen LogP contribution is 2.29. The second-order valence-corrected chi connectivity index (χ2v) is 7.40. The van der Waals surface area contributed by atoms with Gasteiger partial charge in [0, 0.05) is 5.56 Å². The number of hydrogen-bond acceptors (Lipinski definition) is 4. The Hall–Kier alpha value is -2.70. The molecule has 0 heterocycles. The maximum Gasteiger partial charge on any atom is 0.403 e. The van der Waals surface area contributed by atoms with Gasteiger partial charge in [-0.25, -0.2) is 0 Å². The van der Waals surface area contributed by atoms with Gasteiger partial charge < -0.3 is 15.1 Å². The van der Waals surface area contributed by atoms with E-state index < -0.39 is 6.75 Å². The minimum atomic E-state index is -3.52. The van der Waals surface area contributed by atoms with Gasteiger partial charge in [0.15, 0.2) is 0 Å². The minimum absolute atomic E-state index is 0.164. The first-order chi connectivity index (χ1) is 13.4. The molecule has 0 aliphatic rings. The summed E-state index contributed by atoms with van der Waals surface area (Å²) in [4.78, 5) is 2.12. The van der Waals surface area contributed by atoms with Gasteiger partial charge in [0.25, 0.3) is 0 Å². The van der Waals surface area contributed by atoms with E-state index in [9.17, 15) is 15.1 Å². The smallest absolute Gasteiger partial charge is 0.403 e. The molecule has 0 saturated heterocycles. The van der Waals surface area contributed by atoms with Gasteiger partial charge in [-0.1, -0.05) is 72.8 Å². The van der Waals surface area contributed by atoms with Crippen LogP contribution in [0.15, 0.2) is 78.9 Å². The Morgan fingerprint density at radius 2 is 1.25 bits per heavy atom. The van der Waals surface area contributed by atoms with Gasteiger partial charge in [-0.2, -0.15) is 4.90 Å². The zero-order valence-electron chi connectivity index (χ0n) is 15.8. The van der Waals surface area contributed by atoms with Gasteiger partial charge >= 0.3 is 6.75 Å². The van der Waals surface area contributed by atoms with Gasteiger partial charge in [-0.05, 0) is 33.2 Å². The third-order valence-electron chi connectivity index (χ3n) is 5.22. The van der Waals surface area contributed by atoms with Gasteiger partial charge in [-0.3, -0.25) is 0 Å². The average Bonchev–Trinajstić information content (AvgIpc) is 2.67. The predicted octanol–water partition coefficient (Wildman–Crippen LogP) is 2.59. The van der Waals surface area contributed by atoms with Crippen molar-refractivity contribution in [2.45, 2.75) is 13.1 Å². The third-order valence-corrected chi connectivity index (χ3v) is 5.22. The minimum Gasteiger partial charge on any atom is -0.556 e. The largest absolute Gasteiger partial charge is 0.556 e. The van der Waals surface area contributed by atoms with Crippen molar-refractivity contribution in [2.24, 2.45) is 0 Å². The Bertz CT molecular complexity index is 1080. The molecular formula is C23H23BNO3. The third kappa shape index (κ3) is 3.66. The molecule has 28 heavy (non-hydrogen) atoms. The van der Waals surface area contributed by atoms with Crippen molar-refractivity contribution in [2.75, 3.05) is 7.05 Å². The lowest BCUT2D eigenvalue weighted by atomic mass is 9.68. The van der Waals surface area contributed by atoms with Gasteiger partial charge in [0.1, 0.15) is 20.1 Å². The molecule has 1 radical (unpaired) electrons. The fourth-order valence-corrected chi connectivity index (χ4v) is 3.95. The monoisotopic (exact) mass is 372 g/mol. The second kappa shape index (κ2) is 7.38. The molecule has 4 nitrogen and oxygen atoms in total. The summed E-state index contributed by atoms with van der Waals surface area (Å²) in [6, 6.07) is 25.8. The van der Waals surface area contributed by atoms with Crippen LogP contribution in [0.1, 0.15) is 11.1 Å². The summed E-state index contributed by atoms with van der Waals surface area (Å²) in [7, 11) is 1.99.